The van der Waals surface area contributed by atoms with Gasteiger partial charge in [-0.05, 0) is 31.7 Å². The lowest BCUT2D eigenvalue weighted by Crippen LogP contribution is -2.44. The molecule has 0 spiro atoms. The van der Waals surface area contributed by atoms with Crippen LogP contribution in [0.1, 0.15) is 12.7 Å². The molecule has 1 aliphatic heterocycles. The number of aryl methyl sites for hydroxylation is 1. The van der Waals surface area contributed by atoms with Crippen LogP contribution in [0.4, 0.5) is 5.69 Å². The van der Waals surface area contributed by atoms with Crippen LogP contribution in [0.5, 0.6) is 0 Å². The molecule has 108 valence electrons. The fourth-order valence-electron chi connectivity index (χ4n) is 2.88. The van der Waals surface area contributed by atoms with Gasteiger partial charge in [-0.25, -0.2) is 4.98 Å². The Kier molecular flexibility index (Phi) is 3.63. The number of ether oxygens (including phenoxy) is 1. The van der Waals surface area contributed by atoms with Crippen LogP contribution in [0.25, 0.3) is 11.0 Å². The van der Waals surface area contributed by atoms with Gasteiger partial charge in [-0.3, -0.25) is 4.90 Å². The lowest BCUT2D eigenvalue weighted by molar-refractivity contribution is -0.0340. The Hall–Kier alpha value is -1.59. The molecule has 1 fully saturated rings. The SMILES string of the molecule is CCN1CCOC(Cn2c(C)nc3cc(N)ccc32)C1. The van der Waals surface area contributed by atoms with Crippen LogP contribution in [0.3, 0.4) is 0 Å². The highest BCUT2D eigenvalue weighted by molar-refractivity contribution is 5.79. The van der Waals surface area contributed by atoms with Crippen LogP contribution in [0.2, 0.25) is 0 Å². The fraction of sp³-hybridized carbons (Fsp3) is 0.533. The molecule has 0 radical (unpaired) electrons. The third-order valence-corrected chi connectivity index (χ3v) is 4.02. The van der Waals surface area contributed by atoms with Crippen molar-refractivity contribution < 1.29 is 4.74 Å². The number of anilines is 1. The van der Waals surface area contributed by atoms with Gasteiger partial charge in [0.2, 0.25) is 0 Å². The molecule has 0 aliphatic carbocycles. The van der Waals surface area contributed by atoms with Crippen LogP contribution >= 0.6 is 0 Å². The summed E-state index contributed by atoms with van der Waals surface area (Å²) in [5.41, 5.74) is 8.68. The highest BCUT2D eigenvalue weighted by Gasteiger charge is 2.21. The highest BCUT2D eigenvalue weighted by Crippen LogP contribution is 2.20. The number of hydrogen-bond acceptors (Lipinski definition) is 4. The molecule has 2 aromatic rings. The molecule has 2 N–H and O–H groups in total. The summed E-state index contributed by atoms with van der Waals surface area (Å²) in [7, 11) is 0. The first-order valence-electron chi connectivity index (χ1n) is 7.23. The minimum atomic E-state index is 0.234. The smallest absolute Gasteiger partial charge is 0.106 e. The normalized spacial score (nSPS) is 20.6. The Morgan fingerprint density at radius 3 is 3.10 bits per heavy atom. The molecule has 1 aromatic carbocycles. The molecule has 1 aromatic heterocycles. The van der Waals surface area contributed by atoms with Gasteiger partial charge in [-0.2, -0.15) is 0 Å². The van der Waals surface area contributed by atoms with Gasteiger partial charge in [0.1, 0.15) is 5.82 Å². The van der Waals surface area contributed by atoms with Crippen LogP contribution in [0.15, 0.2) is 18.2 Å². The summed E-state index contributed by atoms with van der Waals surface area (Å²) in [5, 5.41) is 0. The zero-order chi connectivity index (χ0) is 14.1. The van der Waals surface area contributed by atoms with E-state index in [9.17, 15) is 0 Å². The van der Waals surface area contributed by atoms with E-state index >= 15 is 0 Å². The molecule has 0 saturated carbocycles. The van der Waals surface area contributed by atoms with Crippen molar-refractivity contribution in [3.05, 3.63) is 24.0 Å². The molecule has 5 nitrogen and oxygen atoms in total. The van der Waals surface area contributed by atoms with E-state index in [1.54, 1.807) is 0 Å². The summed E-state index contributed by atoms with van der Waals surface area (Å²) >= 11 is 0. The number of morpholine rings is 1. The number of benzene rings is 1. The second kappa shape index (κ2) is 5.42. The predicted molar refractivity (Wildman–Crippen MR) is 80.7 cm³/mol. The number of likely N-dealkylation sites (N-methyl/N-ethyl adjacent to an activating group) is 1. The number of aromatic nitrogens is 2. The topological polar surface area (TPSA) is 56.3 Å². The average molecular weight is 274 g/mol. The molecule has 0 amide bonds. The van der Waals surface area contributed by atoms with Crippen LogP contribution in [-0.2, 0) is 11.3 Å². The summed E-state index contributed by atoms with van der Waals surface area (Å²) in [5.74, 6) is 1.02. The largest absolute Gasteiger partial charge is 0.399 e. The number of rotatable bonds is 3. The Morgan fingerprint density at radius 2 is 2.30 bits per heavy atom. The minimum Gasteiger partial charge on any atom is -0.399 e. The number of nitrogens with zero attached hydrogens (tertiary/aromatic N) is 3. The van der Waals surface area contributed by atoms with Crippen molar-refractivity contribution in [2.45, 2.75) is 26.5 Å². The maximum atomic E-state index is 5.90. The van der Waals surface area contributed by atoms with Crippen molar-refractivity contribution in [1.82, 2.24) is 14.5 Å². The van der Waals surface area contributed by atoms with Crippen LogP contribution in [0, 0.1) is 6.92 Å². The summed E-state index contributed by atoms with van der Waals surface area (Å²) in [6, 6.07) is 5.91. The molecule has 1 atom stereocenters. The molecule has 20 heavy (non-hydrogen) atoms. The molecule has 0 bridgehead atoms. The van der Waals surface area contributed by atoms with Crippen LogP contribution < -0.4 is 5.73 Å². The first kappa shape index (κ1) is 13.4. The third-order valence-electron chi connectivity index (χ3n) is 4.02. The van der Waals surface area contributed by atoms with Crippen LogP contribution in [-0.4, -0.2) is 46.8 Å². The van der Waals surface area contributed by atoms with Gasteiger partial charge in [0.25, 0.3) is 0 Å². The number of fused-ring (bicyclic) bond motifs is 1. The Labute approximate surface area is 119 Å². The zero-order valence-corrected chi connectivity index (χ0v) is 12.2. The lowest BCUT2D eigenvalue weighted by Gasteiger charge is -2.32. The average Bonchev–Trinajstić information content (AvgIpc) is 2.74. The standard InChI is InChI=1S/C15H22N4O/c1-3-18-6-7-20-13(9-18)10-19-11(2)17-14-8-12(16)4-5-15(14)19/h4-5,8,13H,3,6-7,9-10,16H2,1-2H3. The molecule has 3 rings (SSSR count). The maximum absolute atomic E-state index is 5.90. The van der Waals surface area contributed by atoms with Crippen molar-refractivity contribution in [3.63, 3.8) is 0 Å². The summed E-state index contributed by atoms with van der Waals surface area (Å²) in [6.07, 6.45) is 0.234. The number of nitrogens with two attached hydrogens (primary N) is 1. The Morgan fingerprint density at radius 1 is 1.45 bits per heavy atom. The lowest BCUT2D eigenvalue weighted by atomic mass is 10.2. The van der Waals surface area contributed by atoms with E-state index in [-0.39, 0.29) is 6.10 Å². The molecular weight excluding hydrogens is 252 g/mol. The molecule has 5 heteroatoms. The number of nitrogen functional groups attached to an aromatic ring is 1. The molecule has 1 aliphatic rings. The van der Waals surface area contributed by atoms with Crippen molar-refractivity contribution in [1.29, 1.82) is 0 Å². The highest BCUT2D eigenvalue weighted by atomic mass is 16.5. The second-order valence-electron chi connectivity index (χ2n) is 5.40. The van der Waals surface area contributed by atoms with E-state index in [4.69, 9.17) is 10.5 Å². The molecule has 1 unspecified atom stereocenters. The van der Waals surface area contributed by atoms with E-state index in [2.05, 4.69) is 21.4 Å². The second-order valence-corrected chi connectivity index (χ2v) is 5.40. The number of imidazole rings is 1. The van der Waals surface area contributed by atoms with E-state index < -0.39 is 0 Å². The van der Waals surface area contributed by atoms with E-state index in [1.165, 1.54) is 0 Å². The number of hydrogen-bond donors (Lipinski definition) is 1. The third kappa shape index (κ3) is 2.51. The molecular formula is C15H22N4O. The minimum absolute atomic E-state index is 0.234. The first-order chi connectivity index (χ1) is 9.67. The maximum Gasteiger partial charge on any atom is 0.106 e. The molecule has 2 heterocycles. The van der Waals surface area contributed by atoms with Gasteiger partial charge in [-0.15, -0.1) is 0 Å². The van der Waals surface area contributed by atoms with Gasteiger partial charge in [0.15, 0.2) is 0 Å². The van der Waals surface area contributed by atoms with Gasteiger partial charge in [0.05, 0.1) is 30.3 Å². The predicted octanol–water partition coefficient (Wildman–Crippen LogP) is 1.65. The fourth-order valence-corrected chi connectivity index (χ4v) is 2.88. The Balaban J connectivity index is 1.85. The van der Waals surface area contributed by atoms with Gasteiger partial charge in [-0.1, -0.05) is 6.92 Å². The summed E-state index contributed by atoms with van der Waals surface area (Å²) < 4.78 is 8.13. The monoisotopic (exact) mass is 274 g/mol. The zero-order valence-electron chi connectivity index (χ0n) is 12.2. The van der Waals surface area contributed by atoms with Gasteiger partial charge in [0, 0.05) is 18.8 Å². The summed E-state index contributed by atoms with van der Waals surface area (Å²) in [6.45, 7) is 9.01. The van der Waals surface area contributed by atoms with E-state index in [0.29, 0.717) is 0 Å². The van der Waals surface area contributed by atoms with E-state index in [1.807, 2.05) is 25.1 Å². The van der Waals surface area contributed by atoms with Gasteiger partial charge < -0.3 is 15.0 Å². The van der Waals surface area contributed by atoms with Crippen molar-refractivity contribution >= 4 is 16.7 Å². The Bertz CT molecular complexity index is 607. The van der Waals surface area contributed by atoms with Gasteiger partial charge >= 0.3 is 0 Å². The van der Waals surface area contributed by atoms with Crippen molar-refractivity contribution in [2.24, 2.45) is 0 Å². The quantitative estimate of drug-likeness (QED) is 0.865. The first-order valence-corrected chi connectivity index (χ1v) is 7.23. The van der Waals surface area contributed by atoms with Crippen molar-refractivity contribution in [2.75, 3.05) is 32.0 Å². The summed E-state index contributed by atoms with van der Waals surface area (Å²) in [4.78, 5) is 7.02. The van der Waals surface area contributed by atoms with Crippen molar-refractivity contribution in [3.8, 4) is 0 Å². The van der Waals surface area contributed by atoms with E-state index in [0.717, 1.165) is 55.3 Å². The molecule has 1 saturated heterocycles.